The van der Waals surface area contributed by atoms with Gasteiger partial charge in [-0.3, -0.25) is 14.4 Å². The molecule has 0 heterocycles. The van der Waals surface area contributed by atoms with E-state index in [1.165, 1.54) is 173 Å². The van der Waals surface area contributed by atoms with E-state index in [0.717, 1.165) is 122 Å². The Labute approximate surface area is 496 Å². The zero-order chi connectivity index (χ0) is 57.8. The Hall–Kier alpha value is -3.67. The van der Waals surface area contributed by atoms with Crippen LogP contribution in [0.5, 0.6) is 0 Å². The van der Waals surface area contributed by atoms with Gasteiger partial charge in [0.1, 0.15) is 13.2 Å². The summed E-state index contributed by atoms with van der Waals surface area (Å²) < 4.78 is 16.9. The van der Waals surface area contributed by atoms with Crippen molar-refractivity contribution in [1.29, 1.82) is 0 Å². The second kappa shape index (κ2) is 67.8. The molecule has 0 spiro atoms. The first-order valence-electron chi connectivity index (χ1n) is 34.2. The minimum absolute atomic E-state index is 0.0825. The van der Waals surface area contributed by atoms with E-state index in [4.69, 9.17) is 14.2 Å². The van der Waals surface area contributed by atoms with E-state index in [9.17, 15) is 14.4 Å². The van der Waals surface area contributed by atoms with Gasteiger partial charge in [-0.25, -0.2) is 0 Å². The highest BCUT2D eigenvalue weighted by atomic mass is 16.6. The molecule has 80 heavy (non-hydrogen) atoms. The standard InChI is InChI=1S/C74H128O6/c1-4-7-10-13-16-19-22-24-26-28-29-30-31-32-33-34-35-36-37-38-39-40-41-42-43-44-45-47-48-50-52-55-58-61-64-67-73(76)79-70-71(69-78-72(75)66-63-60-57-54-21-18-15-12-9-6-3)80-74(77)68-65-62-59-56-53-51-49-46-27-25-23-20-17-14-11-8-5-2/h7-8,10-11,16-17,19-20,24-27,29-30,49,51,71H,4-6,9,12-15,18,21-23,28,31-48,50,52-70H2,1-3H3/b10-7-,11-8-,19-16-,20-17-,26-24-,27-25-,30-29-,51-49-. The molecule has 0 aliphatic rings. The van der Waals surface area contributed by atoms with Crippen LogP contribution in [0.1, 0.15) is 335 Å². The molecule has 0 N–H and O–H groups in total. The third-order valence-corrected chi connectivity index (χ3v) is 14.8. The summed E-state index contributed by atoms with van der Waals surface area (Å²) in [5.41, 5.74) is 0. The maximum Gasteiger partial charge on any atom is 0.306 e. The van der Waals surface area contributed by atoms with Crippen LogP contribution in [0.4, 0.5) is 0 Å². The molecule has 0 amide bonds. The average Bonchev–Trinajstić information content (AvgIpc) is 3.46. The SMILES string of the molecule is CC/C=C\C/C=C\C/C=C\C/C=C\CCCCCCCCCCCCCCCCCCCCCCCCC(=O)OCC(COC(=O)CCCCCCCCCCCC)OC(=O)CCCCCC/C=C\C/C=C\C/C=C\C/C=C\CC. The molecule has 0 rings (SSSR count). The first-order valence-corrected chi connectivity index (χ1v) is 34.2. The second-order valence-corrected chi connectivity index (χ2v) is 22.7. The lowest BCUT2D eigenvalue weighted by molar-refractivity contribution is -0.167. The molecule has 0 bridgehead atoms. The second-order valence-electron chi connectivity index (χ2n) is 22.7. The summed E-state index contributed by atoms with van der Waals surface area (Å²) in [6.45, 7) is 6.41. The first-order chi connectivity index (χ1) is 39.5. The Morgan fingerprint density at radius 3 is 0.762 bits per heavy atom. The van der Waals surface area contributed by atoms with Gasteiger partial charge in [-0.15, -0.1) is 0 Å². The van der Waals surface area contributed by atoms with E-state index in [1.54, 1.807) is 0 Å². The summed E-state index contributed by atoms with van der Waals surface area (Å²) in [5, 5.41) is 0. The Balaban J connectivity index is 4.07. The number of esters is 3. The monoisotopic (exact) mass is 1110 g/mol. The Morgan fingerprint density at radius 1 is 0.263 bits per heavy atom. The number of carbonyl (C=O) groups excluding carboxylic acids is 3. The number of ether oxygens (including phenoxy) is 3. The topological polar surface area (TPSA) is 78.9 Å². The van der Waals surface area contributed by atoms with Crippen molar-refractivity contribution in [3.05, 3.63) is 97.2 Å². The van der Waals surface area contributed by atoms with Crippen molar-refractivity contribution in [2.24, 2.45) is 0 Å². The highest BCUT2D eigenvalue weighted by Gasteiger charge is 2.19. The van der Waals surface area contributed by atoms with E-state index in [0.29, 0.717) is 19.3 Å². The summed E-state index contributed by atoms with van der Waals surface area (Å²) >= 11 is 0. The summed E-state index contributed by atoms with van der Waals surface area (Å²) in [7, 11) is 0. The van der Waals surface area contributed by atoms with Gasteiger partial charge in [-0.1, -0.05) is 317 Å². The summed E-state index contributed by atoms with van der Waals surface area (Å²) in [4.78, 5) is 38.2. The maximum absolute atomic E-state index is 12.9. The molecule has 6 heteroatoms. The van der Waals surface area contributed by atoms with E-state index in [-0.39, 0.29) is 31.1 Å². The third-order valence-electron chi connectivity index (χ3n) is 14.8. The van der Waals surface area contributed by atoms with Gasteiger partial charge >= 0.3 is 17.9 Å². The lowest BCUT2D eigenvalue weighted by Crippen LogP contribution is -2.30. The summed E-state index contributed by atoms with van der Waals surface area (Å²) in [6.07, 6.45) is 91.7. The predicted octanol–water partition coefficient (Wildman–Crippen LogP) is 23.6. The Kier molecular flexibility index (Phi) is 64.7. The fourth-order valence-electron chi connectivity index (χ4n) is 9.78. The third kappa shape index (κ3) is 65.1. The fourth-order valence-corrected chi connectivity index (χ4v) is 9.78. The van der Waals surface area contributed by atoms with E-state index in [2.05, 4.69) is 118 Å². The van der Waals surface area contributed by atoms with Crippen LogP contribution < -0.4 is 0 Å². The number of allylic oxidation sites excluding steroid dienone is 16. The Bertz CT molecular complexity index is 1560. The number of carbonyl (C=O) groups is 3. The van der Waals surface area contributed by atoms with Crippen LogP contribution in [0.2, 0.25) is 0 Å². The van der Waals surface area contributed by atoms with Crippen molar-refractivity contribution in [3.8, 4) is 0 Å². The molecule has 0 fully saturated rings. The van der Waals surface area contributed by atoms with E-state index in [1.807, 2.05) is 0 Å². The van der Waals surface area contributed by atoms with Crippen LogP contribution in [0.25, 0.3) is 0 Å². The van der Waals surface area contributed by atoms with Gasteiger partial charge < -0.3 is 14.2 Å². The lowest BCUT2D eigenvalue weighted by Gasteiger charge is -2.18. The molecular formula is C74H128O6. The van der Waals surface area contributed by atoms with Crippen LogP contribution in [0.3, 0.4) is 0 Å². The highest BCUT2D eigenvalue weighted by Crippen LogP contribution is 2.18. The normalized spacial score (nSPS) is 12.7. The van der Waals surface area contributed by atoms with Crippen LogP contribution in [-0.2, 0) is 28.6 Å². The van der Waals surface area contributed by atoms with E-state index < -0.39 is 6.10 Å². The molecule has 0 aromatic carbocycles. The molecule has 0 saturated carbocycles. The molecule has 0 aromatic heterocycles. The first kappa shape index (κ1) is 76.3. The van der Waals surface area contributed by atoms with Crippen molar-refractivity contribution in [2.45, 2.75) is 341 Å². The molecule has 0 aliphatic carbocycles. The summed E-state index contributed by atoms with van der Waals surface area (Å²) in [5.74, 6) is -0.893. The molecule has 460 valence electrons. The number of hydrogen-bond acceptors (Lipinski definition) is 6. The van der Waals surface area contributed by atoms with Crippen LogP contribution in [0.15, 0.2) is 97.2 Å². The van der Waals surface area contributed by atoms with Gasteiger partial charge in [-0.05, 0) is 96.3 Å². The molecule has 0 aliphatic heterocycles. The highest BCUT2D eigenvalue weighted by molar-refractivity contribution is 5.71. The van der Waals surface area contributed by atoms with Gasteiger partial charge in [0.25, 0.3) is 0 Å². The van der Waals surface area contributed by atoms with Gasteiger partial charge in [0.05, 0.1) is 0 Å². The van der Waals surface area contributed by atoms with Crippen molar-refractivity contribution in [2.75, 3.05) is 13.2 Å². The van der Waals surface area contributed by atoms with Crippen LogP contribution >= 0.6 is 0 Å². The molecule has 1 unspecified atom stereocenters. The van der Waals surface area contributed by atoms with Crippen LogP contribution in [0, 0.1) is 0 Å². The lowest BCUT2D eigenvalue weighted by atomic mass is 10.0. The molecule has 6 nitrogen and oxygen atoms in total. The zero-order valence-electron chi connectivity index (χ0n) is 52.8. The predicted molar refractivity (Wildman–Crippen MR) is 348 cm³/mol. The molecular weight excluding hydrogens is 985 g/mol. The van der Waals surface area contributed by atoms with Gasteiger partial charge in [0.2, 0.25) is 0 Å². The Morgan fingerprint density at radius 2 is 0.487 bits per heavy atom. The quantitative estimate of drug-likeness (QED) is 0.0261. The molecule has 0 aromatic rings. The van der Waals surface area contributed by atoms with E-state index >= 15 is 0 Å². The molecule has 0 saturated heterocycles. The van der Waals surface area contributed by atoms with Gasteiger partial charge in [0, 0.05) is 19.3 Å². The van der Waals surface area contributed by atoms with Crippen molar-refractivity contribution < 1.29 is 28.6 Å². The number of hydrogen-bond donors (Lipinski definition) is 0. The average molecular weight is 1110 g/mol. The number of rotatable bonds is 62. The fraction of sp³-hybridized carbons (Fsp3) is 0.743. The molecule has 1 atom stereocenters. The zero-order valence-corrected chi connectivity index (χ0v) is 52.8. The molecule has 0 radical (unpaired) electrons. The van der Waals surface area contributed by atoms with Crippen molar-refractivity contribution >= 4 is 17.9 Å². The smallest absolute Gasteiger partial charge is 0.306 e. The van der Waals surface area contributed by atoms with Crippen LogP contribution in [-0.4, -0.2) is 37.2 Å². The summed E-state index contributed by atoms with van der Waals surface area (Å²) in [6, 6.07) is 0. The van der Waals surface area contributed by atoms with Crippen molar-refractivity contribution in [1.82, 2.24) is 0 Å². The minimum atomic E-state index is -0.787. The minimum Gasteiger partial charge on any atom is -0.462 e. The largest absolute Gasteiger partial charge is 0.462 e. The number of unbranched alkanes of at least 4 members (excludes halogenated alkanes) is 35. The van der Waals surface area contributed by atoms with Crippen molar-refractivity contribution in [3.63, 3.8) is 0 Å². The van der Waals surface area contributed by atoms with Gasteiger partial charge in [0.15, 0.2) is 6.10 Å². The maximum atomic E-state index is 12.9. The van der Waals surface area contributed by atoms with Gasteiger partial charge in [-0.2, -0.15) is 0 Å².